The van der Waals surface area contributed by atoms with E-state index in [1.807, 2.05) is 25.1 Å². The van der Waals surface area contributed by atoms with Crippen LogP contribution in [-0.4, -0.2) is 23.2 Å². The number of nitrogens with zero attached hydrogens (tertiary/aromatic N) is 2. The van der Waals surface area contributed by atoms with Gasteiger partial charge in [-0.25, -0.2) is 4.98 Å². The van der Waals surface area contributed by atoms with Crippen molar-refractivity contribution in [2.24, 2.45) is 0 Å². The van der Waals surface area contributed by atoms with Crippen LogP contribution in [0, 0.1) is 0 Å². The first-order valence-corrected chi connectivity index (χ1v) is 7.47. The number of rotatable bonds is 7. The van der Waals surface area contributed by atoms with E-state index in [-0.39, 0.29) is 0 Å². The lowest BCUT2D eigenvalue weighted by molar-refractivity contribution is 0.311. The molecule has 0 spiro atoms. The molecule has 0 radical (unpaired) electrons. The molecule has 0 unspecified atom stereocenters. The first-order valence-electron chi connectivity index (χ1n) is 7.09. The molecule has 0 fully saturated rings. The molecule has 0 saturated carbocycles. The zero-order valence-corrected chi connectivity index (χ0v) is 13.1. The summed E-state index contributed by atoms with van der Waals surface area (Å²) in [4.78, 5) is 8.47. The van der Waals surface area contributed by atoms with Gasteiger partial charge in [0, 0.05) is 12.5 Å². The van der Waals surface area contributed by atoms with Gasteiger partial charge in [-0.2, -0.15) is 4.98 Å². The maximum absolute atomic E-state index is 5.95. The summed E-state index contributed by atoms with van der Waals surface area (Å²) in [6.45, 7) is 5.07. The van der Waals surface area contributed by atoms with E-state index in [9.17, 15) is 0 Å². The van der Waals surface area contributed by atoms with Gasteiger partial charge in [0.25, 0.3) is 0 Å². The van der Waals surface area contributed by atoms with Gasteiger partial charge in [-0.15, -0.1) is 0 Å². The molecular formula is C16H19ClN2O2. The quantitative estimate of drug-likeness (QED) is 0.731. The van der Waals surface area contributed by atoms with Crippen LogP contribution in [0.15, 0.2) is 30.3 Å². The fourth-order valence-corrected chi connectivity index (χ4v) is 2.08. The van der Waals surface area contributed by atoms with Gasteiger partial charge in [-0.1, -0.05) is 30.7 Å². The smallest absolute Gasteiger partial charge is 0.218 e. The predicted molar refractivity (Wildman–Crippen MR) is 83.2 cm³/mol. The summed E-state index contributed by atoms with van der Waals surface area (Å²) in [6, 6.07) is 9.69. The Labute approximate surface area is 130 Å². The van der Waals surface area contributed by atoms with Crippen LogP contribution in [0.5, 0.6) is 11.6 Å². The monoisotopic (exact) mass is 306 g/mol. The van der Waals surface area contributed by atoms with Gasteiger partial charge in [0.1, 0.15) is 16.7 Å². The number of hydrogen-bond donors (Lipinski definition) is 0. The maximum Gasteiger partial charge on any atom is 0.218 e. The number of halogens is 1. The second-order valence-corrected chi connectivity index (χ2v) is 4.86. The van der Waals surface area contributed by atoms with Crippen molar-refractivity contribution in [2.45, 2.75) is 26.7 Å². The van der Waals surface area contributed by atoms with Crippen molar-refractivity contribution in [1.82, 2.24) is 9.97 Å². The molecule has 1 heterocycles. The molecule has 0 amide bonds. The van der Waals surface area contributed by atoms with Gasteiger partial charge in [0.05, 0.1) is 13.2 Å². The zero-order valence-electron chi connectivity index (χ0n) is 12.3. The Morgan fingerprint density at radius 1 is 1.10 bits per heavy atom. The van der Waals surface area contributed by atoms with E-state index < -0.39 is 0 Å². The van der Waals surface area contributed by atoms with Crippen molar-refractivity contribution in [3.05, 3.63) is 46.9 Å². The molecule has 112 valence electrons. The SMILES string of the molecule is CCOc1cc(Cl)nc(CCOc2cccc(CC)c2)n1. The average Bonchev–Trinajstić information content (AvgIpc) is 2.47. The topological polar surface area (TPSA) is 44.2 Å². The van der Waals surface area contributed by atoms with Crippen LogP contribution in [0.4, 0.5) is 0 Å². The molecule has 0 atom stereocenters. The summed E-state index contributed by atoms with van der Waals surface area (Å²) in [5.74, 6) is 1.99. The Kier molecular flexibility index (Phi) is 5.81. The maximum atomic E-state index is 5.95. The fraction of sp³-hybridized carbons (Fsp3) is 0.375. The zero-order chi connectivity index (χ0) is 15.1. The van der Waals surface area contributed by atoms with Gasteiger partial charge < -0.3 is 9.47 Å². The van der Waals surface area contributed by atoms with Gasteiger partial charge in [-0.05, 0) is 31.0 Å². The summed E-state index contributed by atoms with van der Waals surface area (Å²) in [5.41, 5.74) is 1.25. The van der Waals surface area contributed by atoms with E-state index >= 15 is 0 Å². The molecule has 0 saturated heterocycles. The van der Waals surface area contributed by atoms with Gasteiger partial charge >= 0.3 is 0 Å². The van der Waals surface area contributed by atoms with Gasteiger partial charge in [-0.3, -0.25) is 0 Å². The molecule has 0 N–H and O–H groups in total. The third kappa shape index (κ3) is 4.90. The molecule has 1 aromatic carbocycles. The first-order chi connectivity index (χ1) is 10.2. The molecule has 2 aromatic rings. The van der Waals surface area contributed by atoms with Crippen LogP contribution in [0.2, 0.25) is 5.15 Å². The Balaban J connectivity index is 1.93. The first kappa shape index (κ1) is 15.6. The molecule has 0 bridgehead atoms. The molecule has 2 rings (SSSR count). The van der Waals surface area contributed by atoms with Crippen LogP contribution >= 0.6 is 11.6 Å². The standard InChI is InChI=1S/C16H19ClN2O2/c1-3-12-6-5-7-13(10-12)21-9-8-15-18-14(17)11-16(19-15)20-4-2/h5-7,10-11H,3-4,8-9H2,1-2H3. The Morgan fingerprint density at radius 3 is 2.71 bits per heavy atom. The highest BCUT2D eigenvalue weighted by atomic mass is 35.5. The predicted octanol–water partition coefficient (Wildman–Crippen LogP) is 3.71. The van der Waals surface area contributed by atoms with Crippen molar-refractivity contribution in [3.63, 3.8) is 0 Å². The summed E-state index contributed by atoms with van der Waals surface area (Å²) in [7, 11) is 0. The van der Waals surface area contributed by atoms with E-state index in [0.717, 1.165) is 12.2 Å². The minimum Gasteiger partial charge on any atom is -0.493 e. The number of aromatic nitrogens is 2. The van der Waals surface area contributed by atoms with Crippen LogP contribution in [0.3, 0.4) is 0 Å². The van der Waals surface area contributed by atoms with E-state index in [4.69, 9.17) is 21.1 Å². The largest absolute Gasteiger partial charge is 0.493 e. The normalized spacial score (nSPS) is 10.4. The van der Waals surface area contributed by atoms with Crippen molar-refractivity contribution < 1.29 is 9.47 Å². The lowest BCUT2D eigenvalue weighted by atomic mass is 10.2. The van der Waals surface area contributed by atoms with Crippen LogP contribution < -0.4 is 9.47 Å². The molecule has 4 nitrogen and oxygen atoms in total. The average molecular weight is 307 g/mol. The van der Waals surface area contributed by atoms with Crippen LogP contribution in [0.1, 0.15) is 25.2 Å². The minimum atomic E-state index is 0.386. The molecule has 5 heteroatoms. The lowest BCUT2D eigenvalue weighted by Gasteiger charge is -2.08. The highest BCUT2D eigenvalue weighted by Gasteiger charge is 2.05. The molecule has 0 aliphatic rings. The Morgan fingerprint density at radius 2 is 1.95 bits per heavy atom. The van der Waals surface area contributed by atoms with E-state index in [2.05, 4.69) is 23.0 Å². The molecular weight excluding hydrogens is 288 g/mol. The second-order valence-electron chi connectivity index (χ2n) is 4.48. The van der Waals surface area contributed by atoms with E-state index in [1.165, 1.54) is 5.56 Å². The van der Waals surface area contributed by atoms with Crippen LogP contribution in [0.25, 0.3) is 0 Å². The summed E-state index contributed by atoms with van der Waals surface area (Å²) >= 11 is 5.95. The summed E-state index contributed by atoms with van der Waals surface area (Å²) in [5, 5.41) is 0.386. The Bertz CT molecular complexity index is 590. The highest BCUT2D eigenvalue weighted by Crippen LogP contribution is 2.16. The summed E-state index contributed by atoms with van der Waals surface area (Å²) < 4.78 is 11.1. The van der Waals surface area contributed by atoms with Crippen molar-refractivity contribution in [3.8, 4) is 11.6 Å². The number of hydrogen-bond acceptors (Lipinski definition) is 4. The van der Waals surface area contributed by atoms with E-state index in [0.29, 0.717) is 36.5 Å². The molecule has 0 aliphatic heterocycles. The van der Waals surface area contributed by atoms with Crippen molar-refractivity contribution in [2.75, 3.05) is 13.2 Å². The van der Waals surface area contributed by atoms with Gasteiger partial charge in [0.15, 0.2) is 0 Å². The molecule has 0 aliphatic carbocycles. The summed E-state index contributed by atoms with van der Waals surface area (Å²) in [6.07, 6.45) is 1.57. The highest BCUT2D eigenvalue weighted by molar-refractivity contribution is 6.29. The number of ether oxygens (including phenoxy) is 2. The second kappa shape index (κ2) is 7.84. The van der Waals surface area contributed by atoms with E-state index in [1.54, 1.807) is 6.07 Å². The minimum absolute atomic E-state index is 0.386. The third-order valence-corrected chi connectivity index (χ3v) is 3.10. The molecule has 1 aromatic heterocycles. The van der Waals surface area contributed by atoms with Gasteiger partial charge in [0.2, 0.25) is 5.88 Å². The van der Waals surface area contributed by atoms with Crippen molar-refractivity contribution in [1.29, 1.82) is 0 Å². The third-order valence-electron chi connectivity index (χ3n) is 2.91. The lowest BCUT2D eigenvalue weighted by Crippen LogP contribution is -2.07. The molecule has 21 heavy (non-hydrogen) atoms. The fourth-order valence-electron chi connectivity index (χ4n) is 1.89. The number of benzene rings is 1. The van der Waals surface area contributed by atoms with Crippen LogP contribution in [-0.2, 0) is 12.8 Å². The van der Waals surface area contributed by atoms with Crippen molar-refractivity contribution >= 4 is 11.6 Å². The Hall–Kier alpha value is -1.81. The number of aryl methyl sites for hydroxylation is 1.